The van der Waals surface area contributed by atoms with E-state index in [0.29, 0.717) is 48.7 Å². The number of allylic oxidation sites excluding steroid dienone is 2. The van der Waals surface area contributed by atoms with E-state index in [-0.39, 0.29) is 22.8 Å². The van der Waals surface area contributed by atoms with E-state index in [1.165, 1.54) is 13.8 Å². The van der Waals surface area contributed by atoms with Crippen molar-refractivity contribution in [1.29, 1.82) is 0 Å². The fourth-order valence-electron chi connectivity index (χ4n) is 4.44. The summed E-state index contributed by atoms with van der Waals surface area (Å²) < 4.78 is 11.5. The number of ether oxygens (including phenoxy) is 2. The van der Waals surface area contributed by atoms with E-state index in [1.54, 1.807) is 48.5 Å². The van der Waals surface area contributed by atoms with Gasteiger partial charge in [-0.05, 0) is 62.1 Å². The maximum absolute atomic E-state index is 11.8. The lowest BCUT2D eigenvalue weighted by molar-refractivity contribution is -0.433. The number of unbranched alkanes of at least 4 members (excludes halogenated alkanes) is 1. The highest BCUT2D eigenvalue weighted by Gasteiger charge is 2.36. The number of rotatable bonds is 11. The molecule has 40 heavy (non-hydrogen) atoms. The van der Waals surface area contributed by atoms with Gasteiger partial charge in [-0.3, -0.25) is 20.2 Å². The zero-order valence-electron chi connectivity index (χ0n) is 21.8. The number of urea groups is 2. The van der Waals surface area contributed by atoms with E-state index in [2.05, 4.69) is 21.3 Å². The average molecular weight is 553 g/mol. The van der Waals surface area contributed by atoms with Gasteiger partial charge in [0.25, 0.3) is 11.4 Å². The minimum absolute atomic E-state index is 0.116. The lowest BCUT2D eigenvalue weighted by Gasteiger charge is -2.23. The third kappa shape index (κ3) is 6.46. The molecule has 2 unspecified atom stereocenters. The van der Waals surface area contributed by atoms with Gasteiger partial charge in [-0.1, -0.05) is 24.3 Å². The van der Waals surface area contributed by atoms with E-state index >= 15 is 0 Å². The predicted molar refractivity (Wildman–Crippen MR) is 141 cm³/mol. The van der Waals surface area contributed by atoms with E-state index in [4.69, 9.17) is 9.47 Å². The number of nitrogens with one attached hydrogen (secondary N) is 4. The highest BCUT2D eigenvalue weighted by Crippen LogP contribution is 2.29. The topological polar surface area (TPSA) is 187 Å². The highest BCUT2D eigenvalue weighted by molar-refractivity contribution is 5.79. The first-order valence-corrected chi connectivity index (χ1v) is 12.4. The molecule has 0 fully saturated rings. The van der Waals surface area contributed by atoms with Crippen LogP contribution in [0.2, 0.25) is 0 Å². The Morgan fingerprint density at radius 2 is 1.02 bits per heavy atom. The minimum Gasteiger partial charge on any atom is -0.494 e. The summed E-state index contributed by atoms with van der Waals surface area (Å²) in [5.74, 6) is 1.18. The van der Waals surface area contributed by atoms with Gasteiger partial charge in [0.15, 0.2) is 0 Å². The Morgan fingerprint density at radius 1 is 0.675 bits per heavy atom. The number of carbonyl (C=O) groups is 2. The molecular formula is C26H28N6O8. The lowest BCUT2D eigenvalue weighted by atomic mass is 10.0. The summed E-state index contributed by atoms with van der Waals surface area (Å²) in [6.45, 7) is 3.83. The van der Waals surface area contributed by atoms with Gasteiger partial charge in [-0.25, -0.2) is 9.59 Å². The molecule has 14 heteroatoms. The van der Waals surface area contributed by atoms with Crippen molar-refractivity contribution in [2.45, 2.75) is 38.8 Å². The quantitative estimate of drug-likeness (QED) is 0.185. The highest BCUT2D eigenvalue weighted by atomic mass is 16.6. The van der Waals surface area contributed by atoms with E-state index in [0.717, 1.165) is 0 Å². The van der Waals surface area contributed by atoms with Crippen LogP contribution in [-0.4, -0.2) is 35.1 Å². The molecule has 2 aliphatic rings. The standard InChI is InChI=1S/C26H28N6O8/c1-15-23(31(35)36)21(29-25(33)27-15)17-5-9-19(10-6-17)39-13-3-4-14-40-20-11-7-18(8-12-20)22-24(32(37)38)16(2)28-26(34)30-22/h5-12,21-22H,3-4,13-14H2,1-2H3,(H2,27,29,33)(H2,28,30,34). The summed E-state index contributed by atoms with van der Waals surface area (Å²) in [4.78, 5) is 45.5. The van der Waals surface area contributed by atoms with E-state index in [1.807, 2.05) is 0 Å². The molecule has 2 aliphatic heterocycles. The molecule has 4 rings (SSSR count). The smallest absolute Gasteiger partial charge is 0.320 e. The first-order chi connectivity index (χ1) is 19.1. The van der Waals surface area contributed by atoms with Crippen LogP contribution >= 0.6 is 0 Å². The Bertz CT molecular complexity index is 1270. The van der Waals surface area contributed by atoms with Gasteiger partial charge in [0, 0.05) is 0 Å². The molecule has 14 nitrogen and oxygen atoms in total. The second kappa shape index (κ2) is 12.1. The van der Waals surface area contributed by atoms with Crippen LogP contribution in [0.5, 0.6) is 11.5 Å². The molecule has 0 bridgehead atoms. The molecule has 2 aromatic carbocycles. The molecule has 2 heterocycles. The average Bonchev–Trinajstić information content (AvgIpc) is 2.90. The summed E-state index contributed by atoms with van der Waals surface area (Å²) >= 11 is 0. The lowest BCUT2D eigenvalue weighted by Crippen LogP contribution is -2.45. The Labute approximate surface area is 228 Å². The van der Waals surface area contributed by atoms with Crippen LogP contribution in [0.25, 0.3) is 0 Å². The molecular weight excluding hydrogens is 524 g/mol. The van der Waals surface area contributed by atoms with Gasteiger partial charge < -0.3 is 30.7 Å². The van der Waals surface area contributed by atoms with Crippen molar-refractivity contribution in [3.63, 3.8) is 0 Å². The zero-order valence-corrected chi connectivity index (χ0v) is 21.8. The molecule has 0 saturated carbocycles. The summed E-state index contributed by atoms with van der Waals surface area (Å²) in [5, 5.41) is 32.9. The molecule has 0 aromatic heterocycles. The van der Waals surface area contributed by atoms with Gasteiger partial charge >= 0.3 is 12.1 Å². The molecule has 210 valence electrons. The van der Waals surface area contributed by atoms with Crippen molar-refractivity contribution >= 4 is 12.1 Å². The van der Waals surface area contributed by atoms with Gasteiger partial charge in [-0.2, -0.15) is 0 Å². The third-order valence-electron chi connectivity index (χ3n) is 6.36. The summed E-state index contributed by atoms with van der Waals surface area (Å²) in [6.07, 6.45) is 1.41. The zero-order chi connectivity index (χ0) is 28.8. The fourth-order valence-corrected chi connectivity index (χ4v) is 4.44. The van der Waals surface area contributed by atoms with Crippen molar-refractivity contribution in [2.24, 2.45) is 0 Å². The Kier molecular flexibility index (Phi) is 8.47. The van der Waals surface area contributed by atoms with Gasteiger partial charge in [0.2, 0.25) is 0 Å². The number of nitro groups is 2. The molecule has 2 atom stereocenters. The number of hydrogen-bond acceptors (Lipinski definition) is 8. The number of nitrogens with zero attached hydrogens (tertiary/aromatic N) is 2. The van der Waals surface area contributed by atoms with Gasteiger partial charge in [-0.15, -0.1) is 0 Å². The molecule has 2 aromatic rings. The van der Waals surface area contributed by atoms with Crippen molar-refractivity contribution in [2.75, 3.05) is 13.2 Å². The molecule has 4 N–H and O–H groups in total. The SMILES string of the molecule is CC1=C([N+](=O)[O-])C(c2ccc(OCCCCOc3ccc(C4NC(=O)NC(C)=C4[N+](=O)[O-])cc3)cc2)NC(=O)N1. The van der Waals surface area contributed by atoms with Crippen LogP contribution in [-0.2, 0) is 0 Å². The molecule has 0 radical (unpaired) electrons. The van der Waals surface area contributed by atoms with Crippen molar-refractivity contribution < 1.29 is 28.9 Å². The van der Waals surface area contributed by atoms with Gasteiger partial charge in [0.05, 0.1) is 34.5 Å². The first-order valence-electron chi connectivity index (χ1n) is 12.4. The fraction of sp³-hybridized carbons (Fsp3) is 0.308. The summed E-state index contributed by atoms with van der Waals surface area (Å²) in [7, 11) is 0. The Balaban J connectivity index is 1.22. The maximum atomic E-state index is 11.8. The van der Waals surface area contributed by atoms with Crippen LogP contribution in [0.3, 0.4) is 0 Å². The Morgan fingerprint density at radius 3 is 1.35 bits per heavy atom. The first kappa shape index (κ1) is 27.9. The summed E-state index contributed by atoms with van der Waals surface area (Å²) in [6, 6.07) is 10.8. The minimum atomic E-state index is -0.863. The predicted octanol–water partition coefficient (Wildman–Crippen LogP) is 3.65. The van der Waals surface area contributed by atoms with Gasteiger partial charge in [0.1, 0.15) is 23.6 Å². The van der Waals surface area contributed by atoms with Crippen LogP contribution in [0.4, 0.5) is 9.59 Å². The van der Waals surface area contributed by atoms with Crippen molar-refractivity contribution in [3.8, 4) is 11.5 Å². The van der Waals surface area contributed by atoms with E-state index in [9.17, 15) is 29.8 Å². The van der Waals surface area contributed by atoms with E-state index < -0.39 is 34.0 Å². The largest absolute Gasteiger partial charge is 0.494 e. The number of carbonyl (C=O) groups excluding carboxylic acids is 2. The summed E-state index contributed by atoms with van der Waals surface area (Å²) in [5.41, 5.74) is 1.29. The maximum Gasteiger partial charge on any atom is 0.320 e. The third-order valence-corrected chi connectivity index (χ3v) is 6.36. The second-order valence-electron chi connectivity index (χ2n) is 9.14. The van der Waals surface area contributed by atoms with Crippen LogP contribution in [0.1, 0.15) is 49.9 Å². The van der Waals surface area contributed by atoms with Crippen LogP contribution in [0.15, 0.2) is 71.3 Å². The molecule has 0 aliphatic carbocycles. The van der Waals surface area contributed by atoms with Crippen molar-refractivity contribution in [3.05, 3.63) is 103 Å². The molecule has 0 saturated heterocycles. The number of amides is 4. The van der Waals surface area contributed by atoms with Crippen LogP contribution in [0, 0.1) is 20.2 Å². The second-order valence-corrected chi connectivity index (χ2v) is 9.14. The normalized spacial score (nSPS) is 18.8. The number of hydrogen-bond donors (Lipinski definition) is 4. The Hall–Kier alpha value is -5.14. The molecule has 0 spiro atoms. The number of benzene rings is 2. The van der Waals surface area contributed by atoms with Crippen LogP contribution < -0.4 is 30.7 Å². The van der Waals surface area contributed by atoms with Crippen molar-refractivity contribution in [1.82, 2.24) is 21.3 Å². The monoisotopic (exact) mass is 552 g/mol. The molecule has 4 amide bonds.